The predicted octanol–water partition coefficient (Wildman–Crippen LogP) is 5.59. The van der Waals surface area contributed by atoms with Crippen molar-refractivity contribution in [2.75, 3.05) is 11.1 Å². The third-order valence-electron chi connectivity index (χ3n) is 4.94. The lowest BCUT2D eigenvalue weighted by atomic mass is 10.1. The second kappa shape index (κ2) is 12.2. The highest BCUT2D eigenvalue weighted by atomic mass is 32.2. The van der Waals surface area contributed by atoms with Crippen molar-refractivity contribution >= 4 is 46.3 Å². The Labute approximate surface area is 214 Å². The van der Waals surface area contributed by atoms with Gasteiger partial charge in [0.2, 0.25) is 0 Å². The summed E-state index contributed by atoms with van der Waals surface area (Å²) < 4.78 is 13.5. The highest BCUT2D eigenvalue weighted by Crippen LogP contribution is 2.31. The zero-order valence-corrected chi connectivity index (χ0v) is 21.3. The normalized spacial score (nSPS) is 11.3. The van der Waals surface area contributed by atoms with Crippen molar-refractivity contribution in [1.82, 2.24) is 15.4 Å². The number of nitrogens with zero attached hydrogens (tertiary/aromatic N) is 4. The Kier molecular flexibility index (Phi) is 9.11. The molecule has 10 heteroatoms. The molecular weight excluding hydrogens is 481 g/mol. The second-order valence-corrected chi connectivity index (χ2v) is 9.61. The fourth-order valence-corrected chi connectivity index (χ4v) is 4.17. The summed E-state index contributed by atoms with van der Waals surface area (Å²) in [6.07, 6.45) is 1.01. The standard InChI is InChI=1S/C25H26FN7S2/c1-15(2)12-13-35-25-30-22(18-4-8-19(26)9-5-18)21(14-27)23(31-25)29-20-10-6-17(7-11-20)16(3)32-33-24(28)34/h4-11,15H,12-13H2,1-3H3,(H3,28,33,34)(H,29,30,31)/b32-16+. The fourth-order valence-electron chi connectivity index (χ4n) is 3.04. The summed E-state index contributed by atoms with van der Waals surface area (Å²) in [5, 5.41) is 18.0. The maximum Gasteiger partial charge on any atom is 0.190 e. The maximum absolute atomic E-state index is 13.5. The van der Waals surface area contributed by atoms with Crippen molar-refractivity contribution in [2.45, 2.75) is 32.3 Å². The van der Waals surface area contributed by atoms with Crippen LogP contribution in [0.25, 0.3) is 11.3 Å². The number of nitrogens with one attached hydrogen (secondary N) is 2. The number of anilines is 2. The molecule has 1 heterocycles. The number of hydrogen-bond acceptors (Lipinski definition) is 7. The summed E-state index contributed by atoms with van der Waals surface area (Å²) in [5.41, 5.74) is 11.7. The van der Waals surface area contributed by atoms with Gasteiger partial charge in [-0.3, -0.25) is 5.43 Å². The summed E-state index contributed by atoms with van der Waals surface area (Å²) in [7, 11) is 0. The Bertz CT molecular complexity index is 1250. The highest BCUT2D eigenvalue weighted by Gasteiger charge is 2.17. The van der Waals surface area contributed by atoms with Gasteiger partial charge < -0.3 is 11.1 Å². The third-order valence-corrected chi connectivity index (χ3v) is 5.92. The molecule has 0 fully saturated rings. The number of nitrogens with two attached hydrogens (primary N) is 1. The molecule has 0 unspecified atom stereocenters. The lowest BCUT2D eigenvalue weighted by Crippen LogP contribution is -2.25. The fraction of sp³-hybridized carbons (Fsp3) is 0.240. The van der Waals surface area contributed by atoms with E-state index < -0.39 is 0 Å². The SMILES string of the molecule is C/C(=N\NC(N)=S)c1ccc(Nc2nc(SCCC(C)C)nc(-c3ccc(F)cc3)c2C#N)cc1. The number of hydrazone groups is 1. The zero-order chi connectivity index (χ0) is 25.4. The third kappa shape index (κ3) is 7.47. The minimum atomic E-state index is -0.353. The van der Waals surface area contributed by atoms with E-state index in [-0.39, 0.29) is 16.5 Å². The van der Waals surface area contributed by atoms with E-state index in [4.69, 9.17) is 18.0 Å². The molecule has 0 atom stereocenters. The van der Waals surface area contributed by atoms with E-state index in [2.05, 4.69) is 45.7 Å². The molecule has 4 N–H and O–H groups in total. The first kappa shape index (κ1) is 26.1. The van der Waals surface area contributed by atoms with Gasteiger partial charge in [-0.05, 0) is 73.4 Å². The van der Waals surface area contributed by atoms with Gasteiger partial charge in [0.05, 0.1) is 11.4 Å². The molecule has 7 nitrogen and oxygen atoms in total. The van der Waals surface area contributed by atoms with Gasteiger partial charge in [0.15, 0.2) is 16.1 Å². The van der Waals surface area contributed by atoms with Crippen LogP contribution >= 0.6 is 24.0 Å². The van der Waals surface area contributed by atoms with E-state index in [0.717, 1.165) is 23.4 Å². The Morgan fingerprint density at radius 2 is 1.86 bits per heavy atom. The van der Waals surface area contributed by atoms with Crippen LogP contribution in [0.5, 0.6) is 0 Å². The average Bonchev–Trinajstić information content (AvgIpc) is 2.83. The molecule has 3 aromatic rings. The number of thiocarbonyl (C=S) groups is 1. The number of rotatable bonds is 9. The van der Waals surface area contributed by atoms with Crippen molar-refractivity contribution in [1.29, 1.82) is 5.26 Å². The smallest absolute Gasteiger partial charge is 0.190 e. The van der Waals surface area contributed by atoms with Crippen LogP contribution < -0.4 is 16.5 Å². The molecule has 0 spiro atoms. The first-order valence-corrected chi connectivity index (χ1v) is 12.3. The summed E-state index contributed by atoms with van der Waals surface area (Å²) in [6, 6.07) is 15.6. The van der Waals surface area contributed by atoms with E-state index in [9.17, 15) is 9.65 Å². The number of benzene rings is 2. The Balaban J connectivity index is 1.95. The molecule has 0 aliphatic carbocycles. The van der Waals surface area contributed by atoms with Gasteiger partial charge in [-0.25, -0.2) is 14.4 Å². The largest absolute Gasteiger partial charge is 0.375 e. The Morgan fingerprint density at radius 3 is 2.46 bits per heavy atom. The number of hydrogen-bond donors (Lipinski definition) is 3. The molecule has 1 aromatic heterocycles. The van der Waals surface area contributed by atoms with Crippen LogP contribution in [0.2, 0.25) is 0 Å². The van der Waals surface area contributed by atoms with Gasteiger partial charge in [-0.15, -0.1) is 0 Å². The van der Waals surface area contributed by atoms with Gasteiger partial charge in [-0.1, -0.05) is 37.7 Å². The van der Waals surface area contributed by atoms with Crippen LogP contribution in [0.3, 0.4) is 0 Å². The highest BCUT2D eigenvalue weighted by molar-refractivity contribution is 7.99. The summed E-state index contributed by atoms with van der Waals surface area (Å²) in [4.78, 5) is 9.27. The second-order valence-electron chi connectivity index (χ2n) is 8.10. The van der Waals surface area contributed by atoms with Crippen molar-refractivity contribution in [3.63, 3.8) is 0 Å². The van der Waals surface area contributed by atoms with Gasteiger partial charge in [0.25, 0.3) is 0 Å². The van der Waals surface area contributed by atoms with Crippen LogP contribution in [-0.2, 0) is 0 Å². The number of halogens is 1. The molecule has 35 heavy (non-hydrogen) atoms. The van der Waals surface area contributed by atoms with E-state index in [1.54, 1.807) is 12.1 Å². The van der Waals surface area contributed by atoms with Gasteiger partial charge >= 0.3 is 0 Å². The number of thioether (sulfide) groups is 1. The Morgan fingerprint density at radius 1 is 1.17 bits per heavy atom. The quantitative estimate of drug-likeness (QED) is 0.113. The Hall–Kier alpha value is -3.55. The first-order valence-electron chi connectivity index (χ1n) is 10.9. The molecular formula is C25H26FN7S2. The molecule has 0 aliphatic rings. The van der Waals surface area contributed by atoms with Gasteiger partial charge in [0.1, 0.15) is 17.4 Å². The van der Waals surface area contributed by atoms with Crippen molar-refractivity contribution in [3.05, 3.63) is 65.5 Å². The van der Waals surface area contributed by atoms with Crippen LogP contribution in [0.15, 0.2) is 58.8 Å². The number of nitriles is 1. The molecule has 0 aliphatic heterocycles. The lowest BCUT2D eigenvalue weighted by Gasteiger charge is -2.13. The minimum Gasteiger partial charge on any atom is -0.375 e. The van der Waals surface area contributed by atoms with E-state index in [1.165, 1.54) is 23.9 Å². The molecule has 0 amide bonds. The molecule has 0 saturated heterocycles. The monoisotopic (exact) mass is 507 g/mol. The zero-order valence-electron chi connectivity index (χ0n) is 19.7. The summed E-state index contributed by atoms with van der Waals surface area (Å²) in [5.74, 6) is 1.44. The number of aromatic nitrogens is 2. The van der Waals surface area contributed by atoms with Crippen LogP contribution in [-0.4, -0.2) is 26.5 Å². The summed E-state index contributed by atoms with van der Waals surface area (Å²) in [6.45, 7) is 6.16. The average molecular weight is 508 g/mol. The van der Waals surface area contributed by atoms with E-state index in [0.29, 0.717) is 33.9 Å². The van der Waals surface area contributed by atoms with Crippen LogP contribution in [0, 0.1) is 23.1 Å². The molecule has 0 saturated carbocycles. The minimum absolute atomic E-state index is 0.0921. The topological polar surface area (TPSA) is 112 Å². The van der Waals surface area contributed by atoms with Crippen molar-refractivity contribution in [3.8, 4) is 17.3 Å². The van der Waals surface area contributed by atoms with Crippen LogP contribution in [0.1, 0.15) is 38.3 Å². The van der Waals surface area contributed by atoms with Gasteiger partial charge in [0, 0.05) is 17.0 Å². The molecule has 2 aromatic carbocycles. The maximum atomic E-state index is 13.5. The molecule has 0 bridgehead atoms. The van der Waals surface area contributed by atoms with Crippen molar-refractivity contribution in [2.24, 2.45) is 16.8 Å². The summed E-state index contributed by atoms with van der Waals surface area (Å²) >= 11 is 6.30. The van der Waals surface area contributed by atoms with Gasteiger partial charge in [-0.2, -0.15) is 10.4 Å². The van der Waals surface area contributed by atoms with E-state index >= 15 is 0 Å². The van der Waals surface area contributed by atoms with Crippen molar-refractivity contribution < 1.29 is 4.39 Å². The van der Waals surface area contributed by atoms with E-state index in [1.807, 2.05) is 31.2 Å². The van der Waals surface area contributed by atoms with Crippen LogP contribution in [0.4, 0.5) is 15.9 Å². The lowest BCUT2D eigenvalue weighted by molar-refractivity contribution is 0.628. The molecule has 0 radical (unpaired) electrons. The predicted molar refractivity (Wildman–Crippen MR) is 144 cm³/mol. The molecule has 180 valence electrons. The first-order chi connectivity index (χ1) is 16.8. The molecule has 3 rings (SSSR count).